The van der Waals surface area contributed by atoms with Gasteiger partial charge >= 0.3 is 0 Å². The van der Waals surface area contributed by atoms with Crippen LogP contribution in [0.15, 0.2) is 23.3 Å². The van der Waals surface area contributed by atoms with Crippen molar-refractivity contribution in [3.8, 4) is 5.75 Å². The predicted octanol–water partition coefficient (Wildman–Crippen LogP) is 1.64. The van der Waals surface area contributed by atoms with Gasteiger partial charge in [-0.2, -0.15) is 5.10 Å². The standard InChI is InChI=1S/C12H15N3O3/c1-8(9(2)17)14-15-10-4-5-12(18-3)11(6-10)13-7-16/h4-7,15H,1-3H3,(H,13,16)/b14-8+. The van der Waals surface area contributed by atoms with E-state index in [0.29, 0.717) is 29.2 Å². The van der Waals surface area contributed by atoms with Gasteiger partial charge in [-0.3, -0.25) is 15.0 Å². The zero-order chi connectivity index (χ0) is 13.5. The first-order valence-corrected chi connectivity index (χ1v) is 5.28. The van der Waals surface area contributed by atoms with Gasteiger partial charge in [0.25, 0.3) is 0 Å². The minimum atomic E-state index is -0.109. The number of nitrogens with zero attached hydrogens (tertiary/aromatic N) is 1. The Morgan fingerprint density at radius 3 is 2.67 bits per heavy atom. The lowest BCUT2D eigenvalue weighted by atomic mass is 10.2. The van der Waals surface area contributed by atoms with Crippen LogP contribution in [0.2, 0.25) is 0 Å². The van der Waals surface area contributed by atoms with Crippen LogP contribution in [0, 0.1) is 0 Å². The van der Waals surface area contributed by atoms with Crippen LogP contribution in [0.3, 0.4) is 0 Å². The third kappa shape index (κ3) is 3.58. The molecule has 0 aliphatic heterocycles. The summed E-state index contributed by atoms with van der Waals surface area (Å²) in [4.78, 5) is 21.4. The van der Waals surface area contributed by atoms with Gasteiger partial charge in [-0.25, -0.2) is 0 Å². The number of anilines is 2. The highest BCUT2D eigenvalue weighted by molar-refractivity contribution is 6.38. The number of carbonyl (C=O) groups excluding carboxylic acids is 2. The molecule has 18 heavy (non-hydrogen) atoms. The molecule has 1 aromatic rings. The molecule has 0 atom stereocenters. The van der Waals surface area contributed by atoms with Crippen LogP contribution in [0.4, 0.5) is 11.4 Å². The van der Waals surface area contributed by atoms with Crippen LogP contribution in [0.25, 0.3) is 0 Å². The van der Waals surface area contributed by atoms with Crippen molar-refractivity contribution in [3.63, 3.8) is 0 Å². The lowest BCUT2D eigenvalue weighted by Crippen LogP contribution is -2.07. The average Bonchev–Trinajstić information content (AvgIpc) is 2.36. The Labute approximate surface area is 105 Å². The fourth-order valence-electron chi connectivity index (χ4n) is 1.18. The molecule has 0 aliphatic carbocycles. The number of carbonyl (C=O) groups is 2. The lowest BCUT2D eigenvalue weighted by molar-refractivity contribution is -0.111. The fraction of sp³-hybridized carbons (Fsp3) is 0.250. The SMILES string of the molecule is COc1ccc(N/N=C(\C)C(C)=O)cc1NC=O. The maximum Gasteiger partial charge on any atom is 0.211 e. The summed E-state index contributed by atoms with van der Waals surface area (Å²) in [6.45, 7) is 3.05. The van der Waals surface area contributed by atoms with Crippen molar-refractivity contribution in [2.24, 2.45) is 5.10 Å². The van der Waals surface area contributed by atoms with Crippen LogP contribution < -0.4 is 15.5 Å². The van der Waals surface area contributed by atoms with Crippen molar-refractivity contribution >= 4 is 29.3 Å². The number of methoxy groups -OCH3 is 1. The fourth-order valence-corrected chi connectivity index (χ4v) is 1.18. The quantitative estimate of drug-likeness (QED) is 0.456. The minimum Gasteiger partial charge on any atom is -0.495 e. The van der Waals surface area contributed by atoms with Gasteiger partial charge in [0, 0.05) is 6.92 Å². The monoisotopic (exact) mass is 249 g/mol. The molecule has 0 aromatic heterocycles. The molecule has 0 spiro atoms. The predicted molar refractivity (Wildman–Crippen MR) is 70.1 cm³/mol. The maximum atomic E-state index is 11.0. The Morgan fingerprint density at radius 2 is 2.11 bits per heavy atom. The van der Waals surface area contributed by atoms with Crippen LogP contribution in [-0.2, 0) is 9.59 Å². The number of hydrogen-bond acceptors (Lipinski definition) is 5. The molecule has 6 heteroatoms. The van der Waals surface area contributed by atoms with Gasteiger partial charge in [0.15, 0.2) is 5.78 Å². The largest absolute Gasteiger partial charge is 0.495 e. The van der Waals surface area contributed by atoms with E-state index in [0.717, 1.165) is 0 Å². The number of benzene rings is 1. The summed E-state index contributed by atoms with van der Waals surface area (Å²) in [5.74, 6) is 0.433. The second-order valence-corrected chi connectivity index (χ2v) is 3.54. The molecule has 0 saturated carbocycles. The number of rotatable bonds is 6. The molecule has 0 unspecified atom stereocenters. The van der Waals surface area contributed by atoms with Gasteiger partial charge < -0.3 is 10.1 Å². The first kappa shape index (κ1) is 13.7. The Kier molecular flexibility index (Phi) is 4.86. The summed E-state index contributed by atoms with van der Waals surface area (Å²) in [5.41, 5.74) is 4.26. The molecular weight excluding hydrogens is 234 g/mol. The first-order chi connectivity index (χ1) is 8.58. The highest BCUT2D eigenvalue weighted by Crippen LogP contribution is 2.27. The number of ether oxygens (including phenoxy) is 1. The lowest BCUT2D eigenvalue weighted by Gasteiger charge is -2.09. The topological polar surface area (TPSA) is 79.8 Å². The molecule has 0 aliphatic rings. The normalized spacial score (nSPS) is 10.7. The van der Waals surface area contributed by atoms with E-state index in [4.69, 9.17) is 4.74 Å². The molecule has 1 amide bonds. The second kappa shape index (κ2) is 6.39. The van der Waals surface area contributed by atoms with Crippen molar-refractivity contribution in [1.29, 1.82) is 0 Å². The molecule has 96 valence electrons. The van der Waals surface area contributed by atoms with E-state index in [-0.39, 0.29) is 5.78 Å². The molecule has 2 N–H and O–H groups in total. The number of amides is 1. The Balaban J connectivity index is 2.91. The van der Waals surface area contributed by atoms with E-state index in [1.807, 2.05) is 0 Å². The molecule has 0 saturated heterocycles. The van der Waals surface area contributed by atoms with E-state index in [2.05, 4.69) is 15.8 Å². The maximum absolute atomic E-state index is 11.0. The second-order valence-electron chi connectivity index (χ2n) is 3.54. The van der Waals surface area contributed by atoms with Gasteiger partial charge in [-0.15, -0.1) is 0 Å². The third-order valence-electron chi connectivity index (χ3n) is 2.28. The molecule has 0 fully saturated rings. The molecule has 1 aromatic carbocycles. The van der Waals surface area contributed by atoms with Crippen molar-refractivity contribution in [2.75, 3.05) is 17.9 Å². The minimum absolute atomic E-state index is 0.109. The highest BCUT2D eigenvalue weighted by atomic mass is 16.5. The summed E-state index contributed by atoms with van der Waals surface area (Å²) in [6.07, 6.45) is 0.561. The summed E-state index contributed by atoms with van der Waals surface area (Å²) >= 11 is 0. The van der Waals surface area contributed by atoms with Crippen molar-refractivity contribution in [2.45, 2.75) is 13.8 Å². The highest BCUT2D eigenvalue weighted by Gasteiger charge is 2.03. The molecule has 0 heterocycles. The molecule has 0 bridgehead atoms. The van der Waals surface area contributed by atoms with Gasteiger partial charge in [-0.05, 0) is 25.1 Å². The van der Waals surface area contributed by atoms with E-state index in [9.17, 15) is 9.59 Å². The van der Waals surface area contributed by atoms with E-state index >= 15 is 0 Å². The number of hydrogen-bond donors (Lipinski definition) is 2. The van der Waals surface area contributed by atoms with Crippen molar-refractivity contribution in [1.82, 2.24) is 0 Å². The summed E-state index contributed by atoms with van der Waals surface area (Å²) in [7, 11) is 1.51. The summed E-state index contributed by atoms with van der Waals surface area (Å²) in [5, 5.41) is 6.43. The number of ketones is 1. The smallest absolute Gasteiger partial charge is 0.211 e. The van der Waals surface area contributed by atoms with E-state index < -0.39 is 0 Å². The Morgan fingerprint density at radius 1 is 1.39 bits per heavy atom. The number of nitrogens with one attached hydrogen (secondary N) is 2. The number of hydrazone groups is 1. The van der Waals surface area contributed by atoms with Crippen molar-refractivity contribution < 1.29 is 14.3 Å². The summed E-state index contributed by atoms with van der Waals surface area (Å²) < 4.78 is 5.08. The van der Waals surface area contributed by atoms with Gasteiger partial charge in [0.1, 0.15) is 11.5 Å². The number of Topliss-reactive ketones (excluding diaryl/α,β-unsaturated/α-hetero) is 1. The van der Waals surface area contributed by atoms with Crippen LogP contribution in [0.1, 0.15) is 13.8 Å². The molecule has 1 rings (SSSR count). The first-order valence-electron chi connectivity index (χ1n) is 5.28. The zero-order valence-electron chi connectivity index (χ0n) is 10.5. The van der Waals surface area contributed by atoms with Gasteiger partial charge in [-0.1, -0.05) is 0 Å². The van der Waals surface area contributed by atoms with E-state index in [1.165, 1.54) is 14.0 Å². The van der Waals surface area contributed by atoms with Gasteiger partial charge in [0.05, 0.1) is 18.5 Å². The zero-order valence-corrected chi connectivity index (χ0v) is 10.5. The van der Waals surface area contributed by atoms with E-state index in [1.54, 1.807) is 25.1 Å². The Bertz CT molecular complexity index is 483. The van der Waals surface area contributed by atoms with Crippen LogP contribution >= 0.6 is 0 Å². The molecule has 0 radical (unpaired) electrons. The van der Waals surface area contributed by atoms with Crippen molar-refractivity contribution in [3.05, 3.63) is 18.2 Å². The van der Waals surface area contributed by atoms with Crippen LogP contribution in [-0.4, -0.2) is 25.0 Å². The van der Waals surface area contributed by atoms with Crippen LogP contribution in [0.5, 0.6) is 5.75 Å². The average molecular weight is 249 g/mol. The summed E-state index contributed by atoms with van der Waals surface area (Å²) in [6, 6.07) is 5.07. The van der Waals surface area contributed by atoms with Gasteiger partial charge in [0.2, 0.25) is 6.41 Å². The molecular formula is C12H15N3O3. The molecule has 6 nitrogen and oxygen atoms in total. The Hall–Kier alpha value is -2.37. The third-order valence-corrected chi connectivity index (χ3v) is 2.28.